The van der Waals surface area contributed by atoms with Crippen LogP contribution in [0.4, 0.5) is 0 Å². The van der Waals surface area contributed by atoms with Gasteiger partial charge in [-0.3, -0.25) is 0 Å². The Kier molecular flexibility index (Phi) is 4.62. The molecule has 0 unspecified atom stereocenters. The molecule has 0 aromatic heterocycles. The van der Waals surface area contributed by atoms with Gasteiger partial charge in [-0.2, -0.15) is 0 Å². The van der Waals surface area contributed by atoms with Gasteiger partial charge in [-0.05, 0) is 0 Å². The van der Waals surface area contributed by atoms with Crippen molar-refractivity contribution in [3.05, 3.63) is 101 Å². The van der Waals surface area contributed by atoms with Crippen molar-refractivity contribution < 1.29 is 8.26 Å². The Balaban J connectivity index is 2.32. The fourth-order valence-electron chi connectivity index (χ4n) is 2.79. The van der Waals surface area contributed by atoms with Crippen molar-refractivity contribution in [2.45, 2.75) is 0 Å². The Hall–Kier alpha value is -2.34. The maximum absolute atomic E-state index is 11.4. The average Bonchev–Trinajstić information content (AvgIpc) is 2.62. The molecule has 0 amide bonds. The molecular formula is C18H15NO3Sn. The molecule has 0 heterocycles. The zero-order valence-corrected chi connectivity index (χ0v) is 15.2. The van der Waals surface area contributed by atoms with E-state index in [4.69, 9.17) is 3.17 Å². The first-order chi connectivity index (χ1) is 11.2. The second kappa shape index (κ2) is 6.83. The van der Waals surface area contributed by atoms with Gasteiger partial charge >= 0.3 is 139 Å². The van der Waals surface area contributed by atoms with E-state index >= 15 is 0 Å². The van der Waals surface area contributed by atoms with Crippen LogP contribution in [0.1, 0.15) is 0 Å². The molecule has 0 bridgehead atoms. The van der Waals surface area contributed by atoms with Crippen LogP contribution in [0.15, 0.2) is 91.0 Å². The standard InChI is InChI=1S/3C6H5.NO3.Sn/c3*1-2-4-6-5-3-1;2-1(3)4;/h3*1-5H;;/q;;;-1;+1. The van der Waals surface area contributed by atoms with Gasteiger partial charge < -0.3 is 0 Å². The zero-order valence-electron chi connectivity index (χ0n) is 12.3. The van der Waals surface area contributed by atoms with Crippen molar-refractivity contribution in [1.82, 2.24) is 0 Å². The molecule has 0 saturated carbocycles. The molecule has 0 atom stereocenters. The molecule has 0 aliphatic heterocycles. The molecule has 4 nitrogen and oxygen atoms in total. The molecule has 0 N–H and O–H groups in total. The van der Waals surface area contributed by atoms with Gasteiger partial charge in [-0.1, -0.05) is 0 Å². The van der Waals surface area contributed by atoms with E-state index in [9.17, 15) is 10.1 Å². The van der Waals surface area contributed by atoms with Gasteiger partial charge in [0.15, 0.2) is 0 Å². The van der Waals surface area contributed by atoms with Gasteiger partial charge in [0.2, 0.25) is 0 Å². The summed E-state index contributed by atoms with van der Waals surface area (Å²) in [4.78, 5) is 11.4. The van der Waals surface area contributed by atoms with Crippen LogP contribution in [0, 0.1) is 10.1 Å². The topological polar surface area (TPSA) is 52.4 Å². The Morgan fingerprint density at radius 1 is 0.652 bits per heavy atom. The van der Waals surface area contributed by atoms with Gasteiger partial charge in [-0.25, -0.2) is 0 Å². The first-order valence-corrected chi connectivity index (χ1v) is 12.7. The zero-order chi connectivity index (χ0) is 16.1. The van der Waals surface area contributed by atoms with E-state index in [1.807, 2.05) is 91.0 Å². The average molecular weight is 412 g/mol. The first-order valence-electron chi connectivity index (χ1n) is 7.23. The molecule has 5 heteroatoms. The van der Waals surface area contributed by atoms with Crippen LogP contribution in [-0.4, -0.2) is 23.9 Å². The molecule has 114 valence electrons. The summed E-state index contributed by atoms with van der Waals surface area (Å²) >= 11 is -4.15. The Bertz CT molecular complexity index is 682. The van der Waals surface area contributed by atoms with Crippen LogP contribution in [0.25, 0.3) is 0 Å². The van der Waals surface area contributed by atoms with E-state index in [1.165, 1.54) is 0 Å². The summed E-state index contributed by atoms with van der Waals surface area (Å²) in [5, 5.41) is 10.7. The van der Waals surface area contributed by atoms with E-state index in [-0.39, 0.29) is 0 Å². The first kappa shape index (κ1) is 15.6. The van der Waals surface area contributed by atoms with Crippen molar-refractivity contribution in [2.24, 2.45) is 0 Å². The molecule has 23 heavy (non-hydrogen) atoms. The van der Waals surface area contributed by atoms with Crippen molar-refractivity contribution in [2.75, 3.05) is 0 Å². The quantitative estimate of drug-likeness (QED) is 0.366. The monoisotopic (exact) mass is 413 g/mol. The van der Waals surface area contributed by atoms with E-state index in [2.05, 4.69) is 0 Å². The van der Waals surface area contributed by atoms with Crippen molar-refractivity contribution in [1.29, 1.82) is 0 Å². The fraction of sp³-hybridized carbons (Fsp3) is 0. The van der Waals surface area contributed by atoms with E-state index in [1.54, 1.807) is 0 Å². The van der Waals surface area contributed by atoms with Gasteiger partial charge in [-0.15, -0.1) is 0 Å². The number of hydrogen-bond acceptors (Lipinski definition) is 3. The number of benzene rings is 3. The third-order valence-electron chi connectivity index (χ3n) is 3.75. The van der Waals surface area contributed by atoms with Crippen LogP contribution in [0.5, 0.6) is 0 Å². The summed E-state index contributed by atoms with van der Waals surface area (Å²) in [6.07, 6.45) is 0. The van der Waals surface area contributed by atoms with Crippen LogP contribution in [-0.2, 0) is 3.17 Å². The van der Waals surface area contributed by atoms with Gasteiger partial charge in [0.25, 0.3) is 0 Å². The van der Waals surface area contributed by atoms with Crippen LogP contribution < -0.4 is 10.7 Å². The molecule has 3 aromatic carbocycles. The van der Waals surface area contributed by atoms with E-state index < -0.39 is 23.9 Å². The summed E-state index contributed by atoms with van der Waals surface area (Å²) in [6.45, 7) is 0. The Morgan fingerprint density at radius 3 is 1.22 bits per heavy atom. The predicted octanol–water partition coefficient (Wildman–Crippen LogP) is 1.86. The minimum atomic E-state index is -4.15. The number of rotatable bonds is 5. The summed E-state index contributed by atoms with van der Waals surface area (Å²) in [7, 11) is 0. The van der Waals surface area contributed by atoms with Gasteiger partial charge in [0.05, 0.1) is 0 Å². The normalized spacial score (nSPS) is 11.0. The number of hydrogen-bond donors (Lipinski definition) is 0. The molecule has 0 radical (unpaired) electrons. The molecule has 0 aliphatic rings. The van der Waals surface area contributed by atoms with Gasteiger partial charge in [0, 0.05) is 0 Å². The van der Waals surface area contributed by atoms with E-state index in [0.29, 0.717) is 0 Å². The number of nitrogens with zero attached hydrogens (tertiary/aromatic N) is 1. The van der Waals surface area contributed by atoms with Gasteiger partial charge in [0.1, 0.15) is 0 Å². The summed E-state index contributed by atoms with van der Waals surface area (Å²) in [5.41, 5.74) is 0. The van der Waals surface area contributed by atoms with Crippen molar-refractivity contribution in [3.8, 4) is 0 Å². The molecule has 0 fully saturated rings. The minimum absolute atomic E-state index is 0.636. The third-order valence-corrected chi connectivity index (χ3v) is 14.8. The third kappa shape index (κ3) is 3.07. The molecule has 0 aliphatic carbocycles. The van der Waals surface area contributed by atoms with Crippen molar-refractivity contribution in [3.63, 3.8) is 0 Å². The second-order valence-corrected chi connectivity index (χ2v) is 14.4. The van der Waals surface area contributed by atoms with E-state index in [0.717, 1.165) is 10.7 Å². The molecule has 3 aromatic rings. The molecular weight excluding hydrogens is 397 g/mol. The predicted molar refractivity (Wildman–Crippen MR) is 92.1 cm³/mol. The Morgan fingerprint density at radius 2 is 0.957 bits per heavy atom. The Labute approximate surface area is 138 Å². The fourth-order valence-corrected chi connectivity index (χ4v) is 12.9. The summed E-state index contributed by atoms with van der Waals surface area (Å²) in [5.74, 6) is 0. The molecule has 0 saturated heterocycles. The maximum atomic E-state index is 11.4. The van der Waals surface area contributed by atoms with Crippen LogP contribution in [0.2, 0.25) is 0 Å². The second-order valence-electron chi connectivity index (χ2n) is 5.09. The van der Waals surface area contributed by atoms with Crippen LogP contribution >= 0.6 is 0 Å². The van der Waals surface area contributed by atoms with Crippen LogP contribution in [0.3, 0.4) is 0 Å². The van der Waals surface area contributed by atoms with Crippen molar-refractivity contribution >= 4 is 29.5 Å². The SMILES string of the molecule is O=[N+]([O-])[O][Sn]([c]1ccccc1)([c]1ccccc1)[c]1ccccc1. The molecule has 3 rings (SSSR count). The summed E-state index contributed by atoms with van der Waals surface area (Å²) in [6, 6.07) is 28.7. The molecule has 0 spiro atoms. The summed E-state index contributed by atoms with van der Waals surface area (Å²) < 4.78 is 8.27.